The van der Waals surface area contributed by atoms with Gasteiger partial charge in [-0.1, -0.05) is 16.8 Å². The molecule has 0 aromatic carbocycles. The summed E-state index contributed by atoms with van der Waals surface area (Å²) in [6.45, 7) is 5.90. The largest absolute Gasteiger partial charge is 0.452 e. The van der Waals surface area contributed by atoms with E-state index in [9.17, 15) is 9.59 Å². The van der Waals surface area contributed by atoms with Crippen molar-refractivity contribution in [3.8, 4) is 0 Å². The number of likely N-dealkylation sites (N-methyl/N-ethyl adjacent to an activating group) is 1. The first-order valence-electron chi connectivity index (χ1n) is 8.31. The average molecular weight is 408 g/mol. The van der Waals surface area contributed by atoms with Crippen LogP contribution in [0.3, 0.4) is 0 Å². The van der Waals surface area contributed by atoms with Gasteiger partial charge in [0.2, 0.25) is 0 Å². The standard InChI is InChI=1S/C18H18ClN3O4S/c1-4-22(8-12-5-6-14(19)27-12)15(23)9-25-18(24)13-7-10(2)20-17-16(13)11(3)21-26-17/h5-7H,4,8-9H2,1-3H3. The van der Waals surface area contributed by atoms with Crippen LogP contribution in [0.15, 0.2) is 22.7 Å². The Hall–Kier alpha value is -2.45. The molecule has 0 saturated heterocycles. The molecule has 27 heavy (non-hydrogen) atoms. The van der Waals surface area contributed by atoms with Gasteiger partial charge in [0.1, 0.15) is 0 Å². The first-order chi connectivity index (χ1) is 12.9. The molecule has 3 rings (SSSR count). The van der Waals surface area contributed by atoms with E-state index < -0.39 is 5.97 Å². The van der Waals surface area contributed by atoms with E-state index >= 15 is 0 Å². The smallest absolute Gasteiger partial charge is 0.339 e. The van der Waals surface area contributed by atoms with Gasteiger partial charge in [-0.25, -0.2) is 9.78 Å². The minimum atomic E-state index is -0.611. The third-order valence-corrected chi connectivity index (χ3v) is 5.22. The summed E-state index contributed by atoms with van der Waals surface area (Å²) in [7, 11) is 0. The van der Waals surface area contributed by atoms with Gasteiger partial charge >= 0.3 is 5.97 Å². The summed E-state index contributed by atoms with van der Waals surface area (Å²) in [6.07, 6.45) is 0. The predicted molar refractivity (Wildman–Crippen MR) is 102 cm³/mol. The lowest BCUT2D eigenvalue weighted by molar-refractivity contribution is -0.134. The summed E-state index contributed by atoms with van der Waals surface area (Å²) in [4.78, 5) is 31.8. The fourth-order valence-corrected chi connectivity index (χ4v) is 3.78. The molecule has 7 nitrogen and oxygen atoms in total. The highest BCUT2D eigenvalue weighted by Gasteiger charge is 2.21. The number of aromatic nitrogens is 2. The highest BCUT2D eigenvalue weighted by Crippen LogP contribution is 2.24. The normalized spacial score (nSPS) is 11.0. The number of carbonyl (C=O) groups is 2. The van der Waals surface area contributed by atoms with Crippen molar-refractivity contribution < 1.29 is 18.8 Å². The molecule has 0 spiro atoms. The maximum Gasteiger partial charge on any atom is 0.339 e. The molecule has 3 aromatic rings. The van der Waals surface area contributed by atoms with Crippen LogP contribution in [0.25, 0.3) is 11.1 Å². The van der Waals surface area contributed by atoms with E-state index in [1.54, 1.807) is 30.9 Å². The van der Waals surface area contributed by atoms with Crippen molar-refractivity contribution in [3.63, 3.8) is 0 Å². The predicted octanol–water partition coefficient (Wildman–Crippen LogP) is 3.76. The Morgan fingerprint density at radius 2 is 2.11 bits per heavy atom. The molecule has 3 heterocycles. The first kappa shape index (κ1) is 19.3. The van der Waals surface area contributed by atoms with E-state index in [1.165, 1.54) is 11.3 Å². The molecule has 9 heteroatoms. The van der Waals surface area contributed by atoms with Crippen LogP contribution >= 0.6 is 22.9 Å². The molecule has 0 saturated carbocycles. The van der Waals surface area contributed by atoms with Gasteiger partial charge in [0, 0.05) is 17.1 Å². The second-order valence-electron chi connectivity index (χ2n) is 5.95. The zero-order valence-corrected chi connectivity index (χ0v) is 16.7. The lowest BCUT2D eigenvalue weighted by Gasteiger charge is -2.20. The molecule has 0 fully saturated rings. The molecule has 0 aliphatic carbocycles. The van der Waals surface area contributed by atoms with Crippen molar-refractivity contribution in [2.24, 2.45) is 0 Å². The van der Waals surface area contributed by atoms with Crippen molar-refractivity contribution in [1.29, 1.82) is 0 Å². The summed E-state index contributed by atoms with van der Waals surface area (Å²) in [6, 6.07) is 5.27. The quantitative estimate of drug-likeness (QED) is 0.578. The Morgan fingerprint density at radius 3 is 2.78 bits per heavy atom. The number of rotatable bonds is 6. The molecule has 0 N–H and O–H groups in total. The van der Waals surface area contributed by atoms with Gasteiger partial charge in [0.15, 0.2) is 6.61 Å². The number of carbonyl (C=O) groups excluding carboxylic acids is 2. The van der Waals surface area contributed by atoms with Crippen LogP contribution in [0.2, 0.25) is 4.34 Å². The number of thiophene rings is 1. The zero-order valence-electron chi connectivity index (χ0n) is 15.1. The van der Waals surface area contributed by atoms with E-state index in [-0.39, 0.29) is 23.8 Å². The molecule has 0 bridgehead atoms. The van der Waals surface area contributed by atoms with Gasteiger partial charge in [-0.15, -0.1) is 11.3 Å². The molecular weight excluding hydrogens is 390 g/mol. The molecule has 0 unspecified atom stereocenters. The highest BCUT2D eigenvalue weighted by atomic mass is 35.5. The van der Waals surface area contributed by atoms with E-state index in [2.05, 4.69) is 10.1 Å². The minimum Gasteiger partial charge on any atom is -0.452 e. The number of nitrogens with zero attached hydrogens (tertiary/aromatic N) is 3. The van der Waals surface area contributed by atoms with Crippen LogP contribution in [0.1, 0.15) is 33.5 Å². The molecule has 0 aliphatic rings. The molecule has 1 amide bonds. The van der Waals surface area contributed by atoms with E-state index in [1.807, 2.05) is 13.0 Å². The number of halogens is 1. The number of fused-ring (bicyclic) bond motifs is 1. The van der Waals surface area contributed by atoms with Gasteiger partial charge < -0.3 is 14.2 Å². The highest BCUT2D eigenvalue weighted by molar-refractivity contribution is 7.16. The van der Waals surface area contributed by atoms with Gasteiger partial charge in [0.25, 0.3) is 11.6 Å². The topological polar surface area (TPSA) is 85.5 Å². The van der Waals surface area contributed by atoms with Crippen molar-refractivity contribution >= 4 is 45.9 Å². The molecule has 142 valence electrons. The van der Waals surface area contributed by atoms with Gasteiger partial charge in [-0.3, -0.25) is 4.79 Å². The van der Waals surface area contributed by atoms with Crippen LogP contribution in [-0.2, 0) is 16.1 Å². The first-order valence-corrected chi connectivity index (χ1v) is 9.51. The second-order valence-corrected chi connectivity index (χ2v) is 7.75. The number of hydrogen-bond donors (Lipinski definition) is 0. The van der Waals surface area contributed by atoms with Crippen molar-refractivity contribution in [3.05, 3.63) is 44.4 Å². The number of hydrogen-bond acceptors (Lipinski definition) is 7. The number of pyridine rings is 1. The van der Waals surface area contributed by atoms with Crippen molar-refractivity contribution in [2.45, 2.75) is 27.3 Å². The zero-order chi connectivity index (χ0) is 19.6. The van der Waals surface area contributed by atoms with E-state index in [4.69, 9.17) is 20.9 Å². The molecular formula is C18H18ClN3O4S. The van der Waals surface area contributed by atoms with Crippen LogP contribution < -0.4 is 0 Å². The second kappa shape index (κ2) is 8.06. The third kappa shape index (κ3) is 4.28. The molecule has 3 aromatic heterocycles. The van der Waals surface area contributed by atoms with Crippen LogP contribution in [0.5, 0.6) is 0 Å². The summed E-state index contributed by atoms with van der Waals surface area (Å²) < 4.78 is 11.0. The Balaban J connectivity index is 1.69. The van der Waals surface area contributed by atoms with Gasteiger partial charge in [-0.05, 0) is 39.0 Å². The lowest BCUT2D eigenvalue weighted by atomic mass is 10.1. The summed E-state index contributed by atoms with van der Waals surface area (Å²) >= 11 is 7.34. The summed E-state index contributed by atoms with van der Waals surface area (Å²) in [5.74, 6) is -0.889. The van der Waals surface area contributed by atoms with Crippen molar-refractivity contribution in [1.82, 2.24) is 15.0 Å². The van der Waals surface area contributed by atoms with E-state index in [0.717, 1.165) is 4.88 Å². The summed E-state index contributed by atoms with van der Waals surface area (Å²) in [5, 5.41) is 4.33. The third-order valence-electron chi connectivity index (χ3n) is 4.00. The Morgan fingerprint density at radius 1 is 1.33 bits per heavy atom. The number of aryl methyl sites for hydroxylation is 2. The Bertz CT molecular complexity index is 998. The van der Waals surface area contributed by atoms with Crippen molar-refractivity contribution in [2.75, 3.05) is 13.2 Å². The number of amides is 1. The Labute approximate surface area is 164 Å². The molecule has 0 radical (unpaired) electrons. The maximum absolute atomic E-state index is 12.5. The Kier molecular flexibility index (Phi) is 5.76. The van der Waals surface area contributed by atoms with Crippen LogP contribution in [0.4, 0.5) is 0 Å². The molecule has 0 aliphatic heterocycles. The van der Waals surface area contributed by atoms with Gasteiger partial charge in [0.05, 0.1) is 27.5 Å². The lowest BCUT2D eigenvalue weighted by Crippen LogP contribution is -2.33. The monoisotopic (exact) mass is 407 g/mol. The average Bonchev–Trinajstić information content (AvgIpc) is 3.22. The fourth-order valence-electron chi connectivity index (χ4n) is 2.68. The fraction of sp³-hybridized carbons (Fsp3) is 0.333. The molecule has 0 atom stereocenters. The SMILES string of the molecule is CCN(Cc1ccc(Cl)s1)C(=O)COC(=O)c1cc(C)nc2onc(C)c12. The van der Waals surface area contributed by atoms with Gasteiger partial charge in [-0.2, -0.15) is 0 Å². The number of esters is 1. The van der Waals surface area contributed by atoms with E-state index in [0.29, 0.717) is 34.2 Å². The summed E-state index contributed by atoms with van der Waals surface area (Å²) in [5.41, 5.74) is 1.70. The minimum absolute atomic E-state index is 0.274. The number of ether oxygens (including phenoxy) is 1. The van der Waals surface area contributed by atoms with Crippen LogP contribution in [-0.4, -0.2) is 40.1 Å². The maximum atomic E-state index is 12.5. The van der Waals surface area contributed by atoms with Crippen LogP contribution in [0, 0.1) is 13.8 Å².